The van der Waals surface area contributed by atoms with E-state index >= 15 is 0 Å². The minimum absolute atomic E-state index is 0.258. The topological polar surface area (TPSA) is 88.1 Å². The van der Waals surface area contributed by atoms with Crippen LogP contribution in [-0.2, 0) is 17.8 Å². The molecule has 6 heteroatoms. The van der Waals surface area contributed by atoms with Crippen molar-refractivity contribution >= 4 is 5.97 Å². The van der Waals surface area contributed by atoms with Crippen LogP contribution < -0.4 is 0 Å². The van der Waals surface area contributed by atoms with Crippen LogP contribution in [0, 0.1) is 0 Å². The number of aromatic carboxylic acids is 1. The Balaban J connectivity index is 1.78. The summed E-state index contributed by atoms with van der Waals surface area (Å²) in [4.78, 5) is 15.0. The van der Waals surface area contributed by atoms with Crippen molar-refractivity contribution in [2.75, 3.05) is 0 Å². The van der Waals surface area contributed by atoms with Gasteiger partial charge in [0, 0.05) is 6.42 Å². The van der Waals surface area contributed by atoms with Crippen LogP contribution in [0.5, 0.6) is 0 Å². The van der Waals surface area contributed by atoms with Crippen molar-refractivity contribution in [3.63, 3.8) is 0 Å². The van der Waals surface area contributed by atoms with Crippen LogP contribution in [0.2, 0.25) is 0 Å². The maximum Gasteiger partial charge on any atom is 0.375 e. The third-order valence-corrected chi connectivity index (χ3v) is 3.56. The van der Waals surface area contributed by atoms with Gasteiger partial charge in [-0.1, -0.05) is 60.7 Å². The lowest BCUT2D eigenvalue weighted by atomic mass is 10.1. The van der Waals surface area contributed by atoms with Gasteiger partial charge in [0.25, 0.3) is 5.82 Å². The maximum absolute atomic E-state index is 11.0. The Morgan fingerprint density at radius 3 is 2.25 bits per heavy atom. The normalized spacial score (nSPS) is 12.0. The number of benzene rings is 2. The van der Waals surface area contributed by atoms with Crippen molar-refractivity contribution in [2.24, 2.45) is 0 Å². The molecule has 122 valence electrons. The number of hydrogen-bond acceptors (Lipinski definition) is 4. The molecular weight excluding hydrogens is 306 g/mol. The van der Waals surface area contributed by atoms with E-state index in [4.69, 9.17) is 9.84 Å². The standard InChI is InChI=1S/C18H17N3O3/c22-18(23)17-19-16(20-21-17)15(11-13-7-3-1-4-8-13)24-12-14-9-5-2-6-10-14/h1-10,15H,11-12H2,(H,22,23)(H,19,20,21). The van der Waals surface area contributed by atoms with E-state index in [0.29, 0.717) is 18.9 Å². The molecule has 2 N–H and O–H groups in total. The summed E-state index contributed by atoms with van der Waals surface area (Å²) in [5.41, 5.74) is 2.11. The number of carbonyl (C=O) groups is 1. The average Bonchev–Trinajstić information content (AvgIpc) is 3.11. The van der Waals surface area contributed by atoms with Crippen molar-refractivity contribution in [1.82, 2.24) is 15.2 Å². The Labute approximate surface area is 139 Å². The third kappa shape index (κ3) is 4.05. The minimum Gasteiger partial charge on any atom is -0.475 e. The molecule has 0 spiro atoms. The summed E-state index contributed by atoms with van der Waals surface area (Å²) in [5, 5.41) is 15.4. The summed E-state index contributed by atoms with van der Waals surface area (Å²) in [6.45, 7) is 0.404. The summed E-state index contributed by atoms with van der Waals surface area (Å²) >= 11 is 0. The van der Waals surface area contributed by atoms with E-state index in [2.05, 4.69) is 15.2 Å². The van der Waals surface area contributed by atoms with Crippen molar-refractivity contribution in [2.45, 2.75) is 19.1 Å². The molecular formula is C18H17N3O3. The fourth-order valence-corrected chi connectivity index (χ4v) is 2.35. The quantitative estimate of drug-likeness (QED) is 0.698. The molecule has 3 aromatic rings. The molecule has 0 aliphatic carbocycles. The zero-order valence-electron chi connectivity index (χ0n) is 12.9. The van der Waals surface area contributed by atoms with Crippen LogP contribution in [-0.4, -0.2) is 26.3 Å². The van der Waals surface area contributed by atoms with E-state index < -0.39 is 12.1 Å². The van der Waals surface area contributed by atoms with E-state index in [9.17, 15) is 4.79 Å². The van der Waals surface area contributed by atoms with E-state index in [1.165, 1.54) is 0 Å². The fraction of sp³-hybridized carbons (Fsp3) is 0.167. The molecule has 3 rings (SSSR count). The number of ether oxygens (including phenoxy) is 1. The highest BCUT2D eigenvalue weighted by Crippen LogP contribution is 2.21. The van der Waals surface area contributed by atoms with Gasteiger partial charge in [0.05, 0.1) is 6.61 Å². The zero-order chi connectivity index (χ0) is 16.8. The molecule has 24 heavy (non-hydrogen) atoms. The number of aromatic amines is 1. The summed E-state index contributed by atoms with van der Waals surface area (Å²) in [6, 6.07) is 19.6. The monoisotopic (exact) mass is 323 g/mol. The molecule has 1 atom stereocenters. The van der Waals surface area contributed by atoms with E-state index in [-0.39, 0.29) is 5.82 Å². The highest BCUT2D eigenvalue weighted by molar-refractivity contribution is 5.82. The zero-order valence-corrected chi connectivity index (χ0v) is 12.9. The molecule has 6 nitrogen and oxygen atoms in total. The van der Waals surface area contributed by atoms with Gasteiger partial charge in [0.1, 0.15) is 6.10 Å². The predicted octanol–water partition coefficient (Wildman–Crippen LogP) is 3.00. The molecule has 1 unspecified atom stereocenters. The fourth-order valence-electron chi connectivity index (χ4n) is 2.35. The summed E-state index contributed by atoms with van der Waals surface area (Å²) < 4.78 is 5.98. The highest BCUT2D eigenvalue weighted by atomic mass is 16.5. The Hall–Kier alpha value is -2.99. The van der Waals surface area contributed by atoms with Crippen LogP contribution in [0.25, 0.3) is 0 Å². The first-order valence-electron chi connectivity index (χ1n) is 7.57. The first-order valence-corrected chi connectivity index (χ1v) is 7.57. The number of aromatic nitrogens is 3. The number of nitrogens with one attached hydrogen (secondary N) is 1. The lowest BCUT2D eigenvalue weighted by molar-refractivity contribution is 0.0342. The van der Waals surface area contributed by atoms with Crippen molar-refractivity contribution in [3.8, 4) is 0 Å². The van der Waals surface area contributed by atoms with Crippen molar-refractivity contribution in [3.05, 3.63) is 83.4 Å². The molecule has 0 bridgehead atoms. The second-order valence-electron chi connectivity index (χ2n) is 5.32. The molecule has 0 saturated carbocycles. The van der Waals surface area contributed by atoms with Gasteiger partial charge in [-0.05, 0) is 11.1 Å². The number of carboxylic acid groups (broad SMARTS) is 1. The molecule has 1 aromatic heterocycles. The van der Waals surface area contributed by atoms with Gasteiger partial charge in [0.2, 0.25) is 0 Å². The molecule has 0 amide bonds. The lowest BCUT2D eigenvalue weighted by Gasteiger charge is -2.15. The van der Waals surface area contributed by atoms with E-state index in [0.717, 1.165) is 11.1 Å². The number of nitrogens with zero attached hydrogens (tertiary/aromatic N) is 2. The van der Waals surface area contributed by atoms with E-state index in [1.54, 1.807) is 0 Å². The van der Waals surface area contributed by atoms with Gasteiger partial charge in [-0.2, -0.15) is 0 Å². The highest BCUT2D eigenvalue weighted by Gasteiger charge is 2.20. The number of hydrogen-bond donors (Lipinski definition) is 2. The van der Waals surface area contributed by atoms with Gasteiger partial charge in [-0.15, -0.1) is 5.10 Å². The Morgan fingerprint density at radius 2 is 1.67 bits per heavy atom. The second-order valence-corrected chi connectivity index (χ2v) is 5.32. The average molecular weight is 323 g/mol. The predicted molar refractivity (Wildman–Crippen MR) is 87.5 cm³/mol. The minimum atomic E-state index is -1.17. The first-order chi connectivity index (χ1) is 11.7. The molecule has 1 heterocycles. The molecule has 0 aliphatic rings. The van der Waals surface area contributed by atoms with Gasteiger partial charge in [0.15, 0.2) is 5.82 Å². The first kappa shape index (κ1) is 15.9. The number of carboxylic acids is 1. The van der Waals surface area contributed by atoms with Gasteiger partial charge in [-0.3, -0.25) is 5.10 Å². The Bertz CT molecular complexity index is 788. The Morgan fingerprint density at radius 1 is 1.04 bits per heavy atom. The molecule has 0 radical (unpaired) electrons. The van der Waals surface area contributed by atoms with Crippen molar-refractivity contribution < 1.29 is 14.6 Å². The summed E-state index contributed by atoms with van der Waals surface area (Å²) in [6.07, 6.45) is 0.162. The lowest BCUT2D eigenvalue weighted by Crippen LogP contribution is -2.10. The molecule has 2 aromatic carbocycles. The smallest absolute Gasteiger partial charge is 0.375 e. The third-order valence-electron chi connectivity index (χ3n) is 3.56. The number of rotatable bonds is 7. The Kier molecular flexibility index (Phi) is 4.98. The SMILES string of the molecule is O=C(O)c1n[nH]c(C(Cc2ccccc2)OCc2ccccc2)n1. The van der Waals surface area contributed by atoms with Gasteiger partial charge in [-0.25, -0.2) is 9.78 Å². The van der Waals surface area contributed by atoms with Gasteiger partial charge >= 0.3 is 5.97 Å². The molecule has 0 aliphatic heterocycles. The van der Waals surface area contributed by atoms with Crippen LogP contribution >= 0.6 is 0 Å². The van der Waals surface area contributed by atoms with Crippen LogP contribution in [0.4, 0.5) is 0 Å². The largest absolute Gasteiger partial charge is 0.475 e. The number of H-pyrrole nitrogens is 1. The summed E-state index contributed by atoms with van der Waals surface area (Å²) in [7, 11) is 0. The maximum atomic E-state index is 11.0. The van der Waals surface area contributed by atoms with Crippen LogP contribution in [0.15, 0.2) is 60.7 Å². The van der Waals surface area contributed by atoms with Crippen molar-refractivity contribution in [1.29, 1.82) is 0 Å². The summed E-state index contributed by atoms with van der Waals surface area (Å²) in [5.74, 6) is -1.02. The molecule has 0 saturated heterocycles. The van der Waals surface area contributed by atoms with E-state index in [1.807, 2.05) is 60.7 Å². The van der Waals surface area contributed by atoms with Crippen LogP contribution in [0.1, 0.15) is 33.7 Å². The van der Waals surface area contributed by atoms with Crippen LogP contribution in [0.3, 0.4) is 0 Å². The molecule has 0 fully saturated rings. The second kappa shape index (κ2) is 7.52. The van der Waals surface area contributed by atoms with Gasteiger partial charge < -0.3 is 9.84 Å².